The van der Waals surface area contributed by atoms with Crippen molar-refractivity contribution in [2.45, 2.75) is 52.6 Å². The summed E-state index contributed by atoms with van der Waals surface area (Å²) in [7, 11) is 6.00. The van der Waals surface area contributed by atoms with Gasteiger partial charge in [0, 0.05) is 59.4 Å². The van der Waals surface area contributed by atoms with E-state index in [1.54, 1.807) is 0 Å². The third-order valence-electron chi connectivity index (χ3n) is 9.92. The molecule has 3 aromatic carbocycles. The van der Waals surface area contributed by atoms with E-state index >= 15 is 0 Å². The molecule has 0 saturated carbocycles. The first-order valence-electron chi connectivity index (χ1n) is 14.8. The number of rotatable bonds is 10. The van der Waals surface area contributed by atoms with Crippen molar-refractivity contribution in [3.63, 3.8) is 0 Å². The van der Waals surface area contributed by atoms with Gasteiger partial charge in [-0.05, 0) is 43.1 Å². The highest BCUT2D eigenvalue weighted by atomic mass is 16.5. The highest BCUT2D eigenvalue weighted by molar-refractivity contribution is 6.28. The number of methoxy groups -OCH3 is 1. The van der Waals surface area contributed by atoms with Crippen molar-refractivity contribution in [1.82, 2.24) is 19.4 Å². The second-order valence-corrected chi connectivity index (χ2v) is 12.3. The van der Waals surface area contributed by atoms with E-state index in [0.717, 1.165) is 80.5 Å². The van der Waals surface area contributed by atoms with Crippen LogP contribution >= 0.6 is 0 Å². The SMILES string of the molecule is C=CC(CN(C)C1Cn2c3ccccc3c3c(C=O)c(CNC)c4c5ccccc5n(c4c32)C1OC)C(C)(C)CC. The summed E-state index contributed by atoms with van der Waals surface area (Å²) < 4.78 is 11.4. The number of carbonyl (C=O) groups is 1. The molecule has 2 aromatic heterocycles. The van der Waals surface area contributed by atoms with Crippen LogP contribution < -0.4 is 5.32 Å². The largest absolute Gasteiger partial charge is 0.359 e. The Morgan fingerprint density at radius 2 is 1.76 bits per heavy atom. The minimum Gasteiger partial charge on any atom is -0.359 e. The Labute approximate surface area is 242 Å². The number of benzene rings is 3. The molecule has 41 heavy (non-hydrogen) atoms. The molecule has 6 rings (SSSR count). The molecule has 0 aliphatic carbocycles. The van der Waals surface area contributed by atoms with Crippen LogP contribution in [-0.4, -0.2) is 54.1 Å². The number of ether oxygens (including phenoxy) is 1. The van der Waals surface area contributed by atoms with Crippen LogP contribution in [0.15, 0.2) is 61.2 Å². The van der Waals surface area contributed by atoms with Gasteiger partial charge in [0.25, 0.3) is 0 Å². The van der Waals surface area contributed by atoms with E-state index in [1.807, 2.05) is 14.2 Å². The number of para-hydroxylation sites is 2. The van der Waals surface area contributed by atoms with E-state index in [-0.39, 0.29) is 17.7 Å². The summed E-state index contributed by atoms with van der Waals surface area (Å²) in [4.78, 5) is 15.4. The maximum atomic E-state index is 12.9. The maximum absolute atomic E-state index is 12.9. The molecule has 5 aromatic rings. The molecule has 3 unspecified atom stereocenters. The summed E-state index contributed by atoms with van der Waals surface area (Å²) in [6.07, 6.45) is 4.04. The summed E-state index contributed by atoms with van der Waals surface area (Å²) in [6, 6.07) is 17.1. The number of carbonyl (C=O) groups excluding carboxylic acids is 1. The minimum atomic E-state index is -0.232. The van der Waals surface area contributed by atoms with Crippen LogP contribution in [0.1, 0.15) is 49.3 Å². The summed E-state index contributed by atoms with van der Waals surface area (Å²) in [5.74, 6) is 0.326. The Kier molecular flexibility index (Phi) is 7.05. The molecule has 214 valence electrons. The smallest absolute Gasteiger partial charge is 0.151 e. The van der Waals surface area contributed by atoms with Crippen LogP contribution in [0.2, 0.25) is 0 Å². The van der Waals surface area contributed by atoms with Crippen LogP contribution in [0.4, 0.5) is 0 Å². The lowest BCUT2D eigenvalue weighted by Crippen LogP contribution is -2.45. The Morgan fingerprint density at radius 3 is 2.37 bits per heavy atom. The van der Waals surface area contributed by atoms with Gasteiger partial charge in [-0.15, -0.1) is 6.58 Å². The average molecular weight is 551 g/mol. The molecule has 0 spiro atoms. The normalized spacial score (nSPS) is 18.2. The van der Waals surface area contributed by atoms with Crippen LogP contribution in [0.25, 0.3) is 43.6 Å². The third kappa shape index (κ3) is 3.99. The van der Waals surface area contributed by atoms with Crippen LogP contribution in [-0.2, 0) is 17.8 Å². The molecule has 0 bridgehead atoms. The fourth-order valence-corrected chi connectivity index (χ4v) is 7.27. The molecule has 1 N–H and O–H groups in total. The van der Waals surface area contributed by atoms with Gasteiger partial charge in [0.1, 0.15) is 0 Å². The van der Waals surface area contributed by atoms with Gasteiger partial charge >= 0.3 is 0 Å². The predicted molar refractivity (Wildman–Crippen MR) is 171 cm³/mol. The molecule has 3 atom stereocenters. The minimum absolute atomic E-state index is 0.0351. The first kappa shape index (κ1) is 27.7. The lowest BCUT2D eigenvalue weighted by atomic mass is 9.76. The van der Waals surface area contributed by atoms with E-state index in [4.69, 9.17) is 4.74 Å². The van der Waals surface area contributed by atoms with E-state index in [9.17, 15) is 4.79 Å². The predicted octanol–water partition coefficient (Wildman–Crippen LogP) is 7.13. The fraction of sp³-hybridized carbons (Fsp3) is 0.400. The number of hydrogen-bond acceptors (Lipinski definition) is 4. The van der Waals surface area contributed by atoms with E-state index in [1.165, 1.54) is 0 Å². The second-order valence-electron chi connectivity index (χ2n) is 12.3. The Morgan fingerprint density at radius 1 is 1.10 bits per heavy atom. The zero-order valence-electron chi connectivity index (χ0n) is 25.2. The van der Waals surface area contributed by atoms with Crippen molar-refractivity contribution >= 4 is 49.9 Å². The van der Waals surface area contributed by atoms with E-state index < -0.39 is 0 Å². The van der Waals surface area contributed by atoms with Crippen molar-refractivity contribution in [3.05, 3.63) is 72.3 Å². The highest BCUT2D eigenvalue weighted by Crippen LogP contribution is 2.47. The number of aromatic nitrogens is 2. The molecule has 6 nitrogen and oxygen atoms in total. The van der Waals surface area contributed by atoms with Gasteiger partial charge in [0.2, 0.25) is 0 Å². The van der Waals surface area contributed by atoms with Crippen LogP contribution in [0.5, 0.6) is 0 Å². The molecule has 1 aliphatic heterocycles. The summed E-state index contributed by atoms with van der Waals surface area (Å²) >= 11 is 0. The average Bonchev–Trinajstić information content (AvgIpc) is 3.44. The molecular formula is C35H42N4O2. The van der Waals surface area contributed by atoms with Gasteiger partial charge < -0.3 is 19.2 Å². The van der Waals surface area contributed by atoms with Gasteiger partial charge in [-0.1, -0.05) is 69.7 Å². The maximum Gasteiger partial charge on any atom is 0.151 e. The lowest BCUT2D eigenvalue weighted by molar-refractivity contribution is -0.0315. The van der Waals surface area contributed by atoms with Crippen molar-refractivity contribution < 1.29 is 9.53 Å². The number of fused-ring (bicyclic) bond motifs is 6. The Hall–Kier alpha value is -3.45. The number of hydrogen-bond donors (Lipinski definition) is 1. The lowest BCUT2D eigenvalue weighted by Gasteiger charge is -2.39. The molecule has 0 radical (unpaired) electrons. The number of likely N-dealkylation sites (N-methyl/N-ethyl adjacent to an activating group) is 1. The van der Waals surface area contributed by atoms with Crippen molar-refractivity contribution in [2.75, 3.05) is 27.7 Å². The van der Waals surface area contributed by atoms with Crippen molar-refractivity contribution in [3.8, 4) is 0 Å². The molecule has 0 saturated heterocycles. The quantitative estimate of drug-likeness (QED) is 0.148. The monoisotopic (exact) mass is 550 g/mol. The number of nitrogens with one attached hydrogen (secondary N) is 1. The zero-order chi connectivity index (χ0) is 29.1. The van der Waals surface area contributed by atoms with Gasteiger partial charge in [0.05, 0.1) is 22.6 Å². The molecule has 3 heterocycles. The molecular weight excluding hydrogens is 508 g/mol. The summed E-state index contributed by atoms with van der Waals surface area (Å²) in [5, 5.41) is 7.79. The summed E-state index contributed by atoms with van der Waals surface area (Å²) in [6.45, 7) is 13.4. The van der Waals surface area contributed by atoms with Crippen LogP contribution in [0.3, 0.4) is 0 Å². The molecule has 0 fully saturated rings. The summed E-state index contributed by atoms with van der Waals surface area (Å²) in [5.41, 5.74) is 6.49. The van der Waals surface area contributed by atoms with Crippen LogP contribution in [0, 0.1) is 11.3 Å². The van der Waals surface area contributed by atoms with Gasteiger partial charge in [-0.25, -0.2) is 0 Å². The number of nitrogens with zero attached hydrogens (tertiary/aromatic N) is 3. The zero-order valence-corrected chi connectivity index (χ0v) is 25.2. The van der Waals surface area contributed by atoms with Gasteiger partial charge in [0.15, 0.2) is 12.5 Å². The standard InChI is InChI=1S/C35H42N4O2/c1-8-22(35(3,4)9-2)19-37(6)29-20-38-27-16-12-10-14-23(27)31-26(21-40)25(18-36-5)30-24-15-11-13-17-28(24)39(34(29)41-7)33(30)32(31)38/h8,10-17,21-22,29,34,36H,1,9,18-20H2,2-7H3. The third-order valence-corrected chi connectivity index (χ3v) is 9.92. The Balaban J connectivity index is 1.73. The first-order chi connectivity index (χ1) is 19.8. The topological polar surface area (TPSA) is 51.4 Å². The Bertz CT molecular complexity index is 1790. The number of aldehydes is 1. The highest BCUT2D eigenvalue weighted by Gasteiger charge is 2.38. The van der Waals surface area contributed by atoms with Gasteiger partial charge in [-0.3, -0.25) is 9.69 Å². The van der Waals surface area contributed by atoms with Gasteiger partial charge in [-0.2, -0.15) is 0 Å². The second kappa shape index (κ2) is 10.4. The molecule has 6 heteroatoms. The molecule has 1 aliphatic rings. The van der Waals surface area contributed by atoms with E-state index in [2.05, 4.69) is 108 Å². The fourth-order valence-electron chi connectivity index (χ4n) is 7.27. The first-order valence-corrected chi connectivity index (χ1v) is 14.8. The van der Waals surface area contributed by atoms with Crippen molar-refractivity contribution in [1.29, 1.82) is 0 Å². The van der Waals surface area contributed by atoms with E-state index in [0.29, 0.717) is 12.5 Å². The van der Waals surface area contributed by atoms with Crippen molar-refractivity contribution in [2.24, 2.45) is 11.3 Å². The molecule has 0 amide bonds.